The lowest BCUT2D eigenvalue weighted by Crippen LogP contribution is -2.30. The van der Waals surface area contributed by atoms with Crippen molar-refractivity contribution in [2.75, 3.05) is 12.3 Å². The normalized spacial score (nSPS) is 19.3. The molecule has 0 aromatic heterocycles. The number of hydrogen-bond donors (Lipinski definition) is 1. The van der Waals surface area contributed by atoms with Crippen molar-refractivity contribution in [3.63, 3.8) is 0 Å². The maximum Gasteiger partial charge on any atom is 0.305 e. The summed E-state index contributed by atoms with van der Waals surface area (Å²) >= 11 is 1.32. The highest BCUT2D eigenvalue weighted by molar-refractivity contribution is 8.00. The Morgan fingerprint density at radius 2 is 2.22 bits per heavy atom. The second-order valence-electron chi connectivity index (χ2n) is 3.92. The third kappa shape index (κ3) is 2.64. The van der Waals surface area contributed by atoms with E-state index in [2.05, 4.69) is 0 Å². The van der Waals surface area contributed by atoms with E-state index < -0.39 is 11.3 Å². The number of aliphatic carboxylic acids is 1. The molecule has 4 nitrogen and oxygen atoms in total. The number of carbonyl (C=O) groups is 2. The molecule has 1 atom stereocenters. The van der Waals surface area contributed by atoms with Gasteiger partial charge in [-0.3, -0.25) is 9.59 Å². The van der Waals surface area contributed by atoms with Gasteiger partial charge < -0.3 is 10.0 Å². The van der Waals surface area contributed by atoms with E-state index in [1.54, 1.807) is 18.2 Å². The quantitative estimate of drug-likeness (QED) is 0.906. The highest BCUT2D eigenvalue weighted by Crippen LogP contribution is 2.39. The van der Waals surface area contributed by atoms with Crippen LogP contribution in [0.15, 0.2) is 24.3 Å². The predicted octanol–water partition coefficient (Wildman–Crippen LogP) is 1.87. The second-order valence-corrected chi connectivity index (χ2v) is 4.98. The molecule has 2 rings (SSSR count). The number of carboxylic acid groups (broad SMARTS) is 1. The number of amides is 1. The summed E-state index contributed by atoms with van der Waals surface area (Å²) in [6.45, 7) is 0.111. The molecule has 1 fully saturated rings. The number of halogens is 1. The topological polar surface area (TPSA) is 57.6 Å². The lowest BCUT2D eigenvalue weighted by atomic mass is 10.2. The van der Waals surface area contributed by atoms with Gasteiger partial charge in [-0.25, -0.2) is 4.39 Å². The number of rotatable bonds is 4. The smallest absolute Gasteiger partial charge is 0.305 e. The monoisotopic (exact) mass is 269 g/mol. The van der Waals surface area contributed by atoms with Crippen LogP contribution < -0.4 is 0 Å². The van der Waals surface area contributed by atoms with Gasteiger partial charge in [0.25, 0.3) is 0 Å². The first-order valence-corrected chi connectivity index (χ1v) is 6.52. The Morgan fingerprint density at radius 1 is 1.50 bits per heavy atom. The first-order valence-electron chi connectivity index (χ1n) is 5.47. The molecule has 18 heavy (non-hydrogen) atoms. The maximum absolute atomic E-state index is 13.7. The molecule has 1 N–H and O–H groups in total. The summed E-state index contributed by atoms with van der Waals surface area (Å²) in [5.41, 5.74) is 0.429. The molecule has 1 amide bonds. The van der Waals surface area contributed by atoms with Crippen molar-refractivity contribution < 1.29 is 19.1 Å². The van der Waals surface area contributed by atoms with Crippen molar-refractivity contribution in [1.82, 2.24) is 4.90 Å². The van der Waals surface area contributed by atoms with Crippen molar-refractivity contribution in [2.45, 2.75) is 11.8 Å². The summed E-state index contributed by atoms with van der Waals surface area (Å²) in [7, 11) is 0. The van der Waals surface area contributed by atoms with E-state index in [1.165, 1.54) is 22.7 Å². The van der Waals surface area contributed by atoms with Gasteiger partial charge in [-0.05, 0) is 6.07 Å². The molecule has 1 aromatic carbocycles. The zero-order valence-electron chi connectivity index (χ0n) is 9.51. The summed E-state index contributed by atoms with van der Waals surface area (Å²) in [5, 5.41) is 8.23. The fraction of sp³-hybridized carbons (Fsp3) is 0.333. The minimum atomic E-state index is -0.966. The molecule has 6 heteroatoms. The van der Waals surface area contributed by atoms with Gasteiger partial charge in [-0.1, -0.05) is 18.2 Å². The van der Waals surface area contributed by atoms with E-state index >= 15 is 0 Å². The summed E-state index contributed by atoms with van der Waals surface area (Å²) in [6.07, 6.45) is -0.128. The van der Waals surface area contributed by atoms with Gasteiger partial charge in [0.15, 0.2) is 0 Å². The van der Waals surface area contributed by atoms with Crippen molar-refractivity contribution in [3.05, 3.63) is 35.6 Å². The average Bonchev–Trinajstić information content (AvgIpc) is 2.68. The SMILES string of the molecule is O=C(O)CCN1C(=O)CS[C@@H]1c1ccccc1F. The fourth-order valence-corrected chi connectivity index (χ4v) is 3.08. The molecule has 0 aliphatic carbocycles. The Hall–Kier alpha value is -1.56. The molecule has 0 radical (unpaired) electrons. The van der Waals surface area contributed by atoms with Crippen molar-refractivity contribution in [2.24, 2.45) is 0 Å². The van der Waals surface area contributed by atoms with Crippen LogP contribution in [0, 0.1) is 5.82 Å². The van der Waals surface area contributed by atoms with E-state index in [9.17, 15) is 14.0 Å². The van der Waals surface area contributed by atoms with Crippen LogP contribution in [0.3, 0.4) is 0 Å². The van der Waals surface area contributed by atoms with Crippen LogP contribution in [0.25, 0.3) is 0 Å². The first-order chi connectivity index (χ1) is 8.59. The molecule has 1 aliphatic rings. The largest absolute Gasteiger partial charge is 0.481 e. The minimum Gasteiger partial charge on any atom is -0.481 e. The zero-order valence-corrected chi connectivity index (χ0v) is 10.3. The van der Waals surface area contributed by atoms with Crippen LogP contribution in [0.5, 0.6) is 0 Å². The third-order valence-corrected chi connectivity index (χ3v) is 3.94. The van der Waals surface area contributed by atoms with Crippen LogP contribution in [-0.2, 0) is 9.59 Å². The van der Waals surface area contributed by atoms with Gasteiger partial charge in [-0.15, -0.1) is 11.8 Å². The Balaban J connectivity index is 2.19. The average molecular weight is 269 g/mol. The van der Waals surface area contributed by atoms with E-state index in [0.717, 1.165) is 0 Å². The molecular weight excluding hydrogens is 257 g/mol. The Morgan fingerprint density at radius 3 is 2.89 bits per heavy atom. The van der Waals surface area contributed by atoms with Gasteiger partial charge in [0.1, 0.15) is 11.2 Å². The van der Waals surface area contributed by atoms with Gasteiger partial charge in [-0.2, -0.15) is 0 Å². The predicted molar refractivity (Wildman–Crippen MR) is 65.6 cm³/mol. The van der Waals surface area contributed by atoms with Gasteiger partial charge in [0, 0.05) is 12.1 Å². The molecule has 1 saturated heterocycles. The number of carboxylic acids is 1. The fourth-order valence-electron chi connectivity index (χ4n) is 1.84. The molecular formula is C12H12FNO3S. The Kier molecular flexibility index (Phi) is 3.86. The Bertz CT molecular complexity index is 480. The maximum atomic E-state index is 13.7. The van der Waals surface area contributed by atoms with Crippen molar-refractivity contribution in [1.29, 1.82) is 0 Å². The van der Waals surface area contributed by atoms with Crippen LogP contribution in [0.1, 0.15) is 17.4 Å². The van der Waals surface area contributed by atoms with Crippen LogP contribution in [0.4, 0.5) is 4.39 Å². The molecule has 0 saturated carbocycles. The standard InChI is InChI=1S/C12H12FNO3S/c13-9-4-2-1-3-8(9)12-14(6-5-11(16)17)10(15)7-18-12/h1-4,12H,5-7H2,(H,16,17)/t12-/m1/s1. The second kappa shape index (κ2) is 5.39. The number of hydrogen-bond acceptors (Lipinski definition) is 3. The third-order valence-electron chi connectivity index (χ3n) is 2.71. The number of carbonyl (C=O) groups excluding carboxylic acids is 1. The molecule has 0 bridgehead atoms. The number of benzene rings is 1. The summed E-state index contributed by atoms with van der Waals surface area (Å²) in [4.78, 5) is 23.7. The van der Waals surface area contributed by atoms with E-state index in [0.29, 0.717) is 5.56 Å². The van der Waals surface area contributed by atoms with Crippen molar-refractivity contribution in [3.8, 4) is 0 Å². The Labute approximate surface area is 108 Å². The molecule has 96 valence electrons. The highest BCUT2D eigenvalue weighted by Gasteiger charge is 2.34. The lowest BCUT2D eigenvalue weighted by molar-refractivity contribution is -0.138. The van der Waals surface area contributed by atoms with Gasteiger partial charge in [0.05, 0.1) is 12.2 Å². The minimum absolute atomic E-state index is 0.111. The lowest BCUT2D eigenvalue weighted by Gasteiger charge is -2.23. The van der Waals surface area contributed by atoms with Crippen LogP contribution >= 0.6 is 11.8 Å². The molecule has 1 aromatic rings. The number of thioether (sulfide) groups is 1. The van der Waals surface area contributed by atoms with E-state index in [-0.39, 0.29) is 30.4 Å². The molecule has 1 aliphatic heterocycles. The van der Waals surface area contributed by atoms with Crippen molar-refractivity contribution >= 4 is 23.6 Å². The molecule has 0 unspecified atom stereocenters. The zero-order chi connectivity index (χ0) is 13.1. The van der Waals surface area contributed by atoms with E-state index in [1.807, 2.05) is 0 Å². The summed E-state index contributed by atoms with van der Waals surface area (Å²) in [5.74, 6) is -1.22. The van der Waals surface area contributed by atoms with Gasteiger partial charge >= 0.3 is 5.97 Å². The number of nitrogens with zero attached hydrogens (tertiary/aromatic N) is 1. The van der Waals surface area contributed by atoms with Crippen LogP contribution in [-0.4, -0.2) is 34.2 Å². The van der Waals surface area contributed by atoms with Crippen LogP contribution in [0.2, 0.25) is 0 Å². The summed E-state index contributed by atoms with van der Waals surface area (Å²) in [6, 6.07) is 6.26. The van der Waals surface area contributed by atoms with Gasteiger partial charge in [0.2, 0.25) is 5.91 Å². The summed E-state index contributed by atoms with van der Waals surface area (Å²) < 4.78 is 13.7. The molecule has 1 heterocycles. The molecule has 0 spiro atoms. The first kappa shape index (κ1) is 12.9. The van der Waals surface area contributed by atoms with E-state index in [4.69, 9.17) is 5.11 Å². The highest BCUT2D eigenvalue weighted by atomic mass is 32.2.